The summed E-state index contributed by atoms with van der Waals surface area (Å²) < 4.78 is 3.03. The third-order valence-corrected chi connectivity index (χ3v) is 3.00. The van der Waals surface area contributed by atoms with Crippen LogP contribution in [0.25, 0.3) is 11.0 Å². The molecule has 0 spiro atoms. The van der Waals surface area contributed by atoms with Crippen LogP contribution >= 0.6 is 34.8 Å². The molecule has 0 unspecified atom stereocenters. The molecule has 1 aromatic carbocycles. The average molecular weight is 308 g/mol. The summed E-state index contributed by atoms with van der Waals surface area (Å²) in [5.41, 5.74) is 2.49. The quantitative estimate of drug-likeness (QED) is 0.648. The second-order valence-corrected chi connectivity index (χ2v) is 6.05. The maximum absolute atomic E-state index is 11.5. The standard InChI is InChI=1S/C11H9Cl3N2O2/c1-5-3-6(9(17)18-2)4-7-8(5)16-10(15-7)11(12,13)14/h3-4H,1-2H3,(H,15,16). The van der Waals surface area contributed by atoms with Crippen LogP contribution in [0, 0.1) is 6.92 Å². The Bertz CT molecular complexity index is 617. The minimum atomic E-state index is -1.63. The van der Waals surface area contributed by atoms with Crippen molar-refractivity contribution in [3.05, 3.63) is 29.1 Å². The number of H-pyrrole nitrogens is 1. The van der Waals surface area contributed by atoms with Gasteiger partial charge < -0.3 is 9.72 Å². The van der Waals surface area contributed by atoms with E-state index in [0.29, 0.717) is 16.6 Å². The van der Waals surface area contributed by atoms with Crippen LogP contribution in [0.15, 0.2) is 12.1 Å². The molecular formula is C11H9Cl3N2O2. The normalized spacial score (nSPS) is 11.8. The van der Waals surface area contributed by atoms with E-state index in [2.05, 4.69) is 14.7 Å². The van der Waals surface area contributed by atoms with Crippen molar-refractivity contribution < 1.29 is 9.53 Å². The average Bonchev–Trinajstić information content (AvgIpc) is 2.72. The predicted octanol–water partition coefficient (Wildman–Crippen LogP) is 3.48. The number of methoxy groups -OCH3 is 1. The molecule has 2 aromatic rings. The van der Waals surface area contributed by atoms with Crippen molar-refractivity contribution in [2.45, 2.75) is 10.7 Å². The first-order chi connectivity index (χ1) is 8.32. The van der Waals surface area contributed by atoms with Crippen LogP contribution in [0.5, 0.6) is 0 Å². The number of nitrogens with one attached hydrogen (secondary N) is 1. The molecule has 0 aliphatic rings. The smallest absolute Gasteiger partial charge is 0.337 e. The van der Waals surface area contributed by atoms with E-state index in [9.17, 15) is 4.79 Å². The van der Waals surface area contributed by atoms with E-state index >= 15 is 0 Å². The van der Waals surface area contributed by atoms with Crippen LogP contribution in [0.2, 0.25) is 0 Å². The molecule has 0 fully saturated rings. The first-order valence-electron chi connectivity index (χ1n) is 4.99. The number of benzene rings is 1. The van der Waals surface area contributed by atoms with Crippen LogP contribution in [0.3, 0.4) is 0 Å². The van der Waals surface area contributed by atoms with Crippen molar-refractivity contribution in [3.8, 4) is 0 Å². The van der Waals surface area contributed by atoms with Crippen molar-refractivity contribution in [1.29, 1.82) is 0 Å². The molecule has 96 valence electrons. The zero-order chi connectivity index (χ0) is 13.5. The largest absolute Gasteiger partial charge is 0.465 e. The first-order valence-corrected chi connectivity index (χ1v) is 6.12. The number of halogens is 3. The molecule has 0 aliphatic carbocycles. The van der Waals surface area contributed by atoms with Gasteiger partial charge in [-0.2, -0.15) is 0 Å². The van der Waals surface area contributed by atoms with Gasteiger partial charge in [0.1, 0.15) is 0 Å². The lowest BCUT2D eigenvalue weighted by molar-refractivity contribution is 0.0601. The highest BCUT2D eigenvalue weighted by atomic mass is 35.6. The van der Waals surface area contributed by atoms with Gasteiger partial charge in [-0.3, -0.25) is 0 Å². The Labute approximate surface area is 118 Å². The minimum Gasteiger partial charge on any atom is -0.465 e. The Morgan fingerprint density at radius 1 is 1.39 bits per heavy atom. The summed E-state index contributed by atoms with van der Waals surface area (Å²) in [5, 5.41) is 0. The number of nitrogens with zero attached hydrogens (tertiary/aromatic N) is 1. The van der Waals surface area contributed by atoms with E-state index in [1.165, 1.54) is 7.11 Å². The molecule has 0 atom stereocenters. The van der Waals surface area contributed by atoms with Crippen LogP contribution in [-0.2, 0) is 8.53 Å². The van der Waals surface area contributed by atoms with Crippen molar-refractivity contribution in [3.63, 3.8) is 0 Å². The van der Waals surface area contributed by atoms with Crippen LogP contribution in [0.4, 0.5) is 0 Å². The number of esters is 1. The van der Waals surface area contributed by atoms with Gasteiger partial charge in [0, 0.05) is 0 Å². The van der Waals surface area contributed by atoms with Gasteiger partial charge in [-0.15, -0.1) is 0 Å². The van der Waals surface area contributed by atoms with E-state index < -0.39 is 9.76 Å². The highest BCUT2D eigenvalue weighted by molar-refractivity contribution is 6.66. The molecule has 1 N–H and O–H groups in total. The Kier molecular flexibility index (Phi) is 3.45. The lowest BCUT2D eigenvalue weighted by Crippen LogP contribution is -2.02. The Morgan fingerprint density at radius 2 is 2.06 bits per heavy atom. The number of imidazole rings is 1. The van der Waals surface area contributed by atoms with Crippen LogP contribution in [-0.4, -0.2) is 23.0 Å². The Hall–Kier alpha value is -0.970. The fourth-order valence-corrected chi connectivity index (χ4v) is 1.93. The zero-order valence-corrected chi connectivity index (χ0v) is 11.8. The van der Waals surface area contributed by atoms with E-state index in [1.807, 2.05) is 6.92 Å². The summed E-state index contributed by atoms with van der Waals surface area (Å²) in [4.78, 5) is 18.6. The number of carbonyl (C=O) groups excluding carboxylic acids is 1. The molecule has 4 nitrogen and oxygen atoms in total. The van der Waals surface area contributed by atoms with Crippen molar-refractivity contribution in [2.75, 3.05) is 7.11 Å². The monoisotopic (exact) mass is 306 g/mol. The zero-order valence-electron chi connectivity index (χ0n) is 9.55. The van der Waals surface area contributed by atoms with Crippen molar-refractivity contribution >= 4 is 51.8 Å². The van der Waals surface area contributed by atoms with Gasteiger partial charge in [-0.25, -0.2) is 9.78 Å². The molecule has 1 heterocycles. The number of hydrogen-bond acceptors (Lipinski definition) is 3. The molecule has 0 saturated carbocycles. The van der Waals surface area contributed by atoms with Crippen LogP contribution in [0.1, 0.15) is 21.7 Å². The van der Waals surface area contributed by atoms with Crippen LogP contribution < -0.4 is 0 Å². The van der Waals surface area contributed by atoms with Crippen molar-refractivity contribution in [2.24, 2.45) is 0 Å². The molecule has 0 bridgehead atoms. The molecule has 7 heteroatoms. The number of aryl methyl sites for hydroxylation is 1. The number of carbonyl (C=O) groups is 1. The van der Waals surface area contributed by atoms with E-state index in [1.54, 1.807) is 12.1 Å². The summed E-state index contributed by atoms with van der Waals surface area (Å²) in [6.07, 6.45) is 0. The van der Waals surface area contributed by atoms with E-state index in [-0.39, 0.29) is 5.82 Å². The van der Waals surface area contributed by atoms with Gasteiger partial charge in [-0.05, 0) is 24.6 Å². The second-order valence-electron chi connectivity index (χ2n) is 3.76. The topological polar surface area (TPSA) is 55.0 Å². The predicted molar refractivity (Wildman–Crippen MR) is 71.4 cm³/mol. The molecule has 0 saturated heterocycles. The first kappa shape index (κ1) is 13.5. The molecule has 0 amide bonds. The van der Waals surface area contributed by atoms with Gasteiger partial charge in [0.15, 0.2) is 5.82 Å². The highest BCUT2D eigenvalue weighted by Gasteiger charge is 2.27. The summed E-state index contributed by atoms with van der Waals surface area (Å²) >= 11 is 17.3. The maximum Gasteiger partial charge on any atom is 0.337 e. The molecule has 0 aliphatic heterocycles. The van der Waals surface area contributed by atoms with Gasteiger partial charge in [0.2, 0.25) is 3.79 Å². The molecule has 18 heavy (non-hydrogen) atoms. The lowest BCUT2D eigenvalue weighted by atomic mass is 10.1. The summed E-state index contributed by atoms with van der Waals surface area (Å²) in [6, 6.07) is 3.29. The number of fused-ring (bicyclic) bond motifs is 1. The van der Waals surface area contributed by atoms with Gasteiger partial charge in [0.25, 0.3) is 0 Å². The maximum atomic E-state index is 11.5. The number of alkyl halides is 3. The molecule has 2 rings (SSSR count). The molecular weight excluding hydrogens is 298 g/mol. The summed E-state index contributed by atoms with van der Waals surface area (Å²) in [7, 11) is 1.32. The Morgan fingerprint density at radius 3 is 2.61 bits per heavy atom. The minimum absolute atomic E-state index is 0.215. The van der Waals surface area contributed by atoms with Gasteiger partial charge in [-0.1, -0.05) is 34.8 Å². The number of hydrogen-bond donors (Lipinski definition) is 1. The summed E-state index contributed by atoms with van der Waals surface area (Å²) in [6.45, 7) is 1.82. The fourth-order valence-electron chi connectivity index (χ4n) is 1.66. The van der Waals surface area contributed by atoms with E-state index in [4.69, 9.17) is 34.8 Å². The highest BCUT2D eigenvalue weighted by Crippen LogP contribution is 2.37. The number of ether oxygens (including phenoxy) is 1. The van der Waals surface area contributed by atoms with E-state index in [0.717, 1.165) is 5.56 Å². The number of rotatable bonds is 1. The second kappa shape index (κ2) is 4.61. The Balaban J connectivity index is 2.63. The fraction of sp³-hybridized carbons (Fsp3) is 0.273. The summed E-state index contributed by atoms with van der Waals surface area (Å²) in [5.74, 6) is -0.211. The van der Waals surface area contributed by atoms with Crippen molar-refractivity contribution in [1.82, 2.24) is 9.97 Å². The number of aromatic nitrogens is 2. The molecule has 1 aromatic heterocycles. The number of aromatic amines is 1. The SMILES string of the molecule is COC(=O)c1cc(C)c2nc(C(Cl)(Cl)Cl)[nH]c2c1. The lowest BCUT2D eigenvalue weighted by Gasteiger charge is -2.04. The third-order valence-electron chi connectivity index (χ3n) is 2.47. The van der Waals surface area contributed by atoms with Gasteiger partial charge in [0.05, 0.1) is 23.7 Å². The third kappa shape index (κ3) is 2.41. The molecule has 0 radical (unpaired) electrons. The van der Waals surface area contributed by atoms with Gasteiger partial charge >= 0.3 is 5.97 Å².